The van der Waals surface area contributed by atoms with Gasteiger partial charge in [0.25, 0.3) is 5.91 Å². The van der Waals surface area contributed by atoms with Gasteiger partial charge in [0, 0.05) is 18.3 Å². The number of amides is 2. The van der Waals surface area contributed by atoms with E-state index in [1.165, 1.54) is 0 Å². The molecule has 5 nitrogen and oxygen atoms in total. The van der Waals surface area contributed by atoms with Crippen molar-refractivity contribution < 1.29 is 14.3 Å². The minimum atomic E-state index is -0.0320. The molecule has 5 heteroatoms. The molecule has 1 aromatic rings. The van der Waals surface area contributed by atoms with Crippen LogP contribution in [0.5, 0.6) is 5.75 Å². The van der Waals surface area contributed by atoms with Crippen molar-refractivity contribution in [2.75, 3.05) is 23.4 Å². The Morgan fingerprint density at radius 1 is 1.53 bits per heavy atom. The van der Waals surface area contributed by atoms with Crippen LogP contribution in [0.25, 0.3) is 0 Å². The number of hydrogen-bond acceptors (Lipinski definition) is 3. The van der Waals surface area contributed by atoms with Gasteiger partial charge in [-0.15, -0.1) is 0 Å². The molecule has 0 spiro atoms. The van der Waals surface area contributed by atoms with E-state index in [9.17, 15) is 9.59 Å². The first kappa shape index (κ1) is 11.4. The van der Waals surface area contributed by atoms with Crippen LogP contribution < -0.4 is 15.0 Å². The van der Waals surface area contributed by atoms with Gasteiger partial charge < -0.3 is 15.0 Å². The van der Waals surface area contributed by atoms with Gasteiger partial charge in [-0.05, 0) is 18.6 Å². The summed E-state index contributed by atoms with van der Waals surface area (Å²) < 4.78 is 5.35. The number of rotatable bonds is 4. The minimum absolute atomic E-state index is 0.0320. The maximum atomic E-state index is 11.7. The lowest BCUT2D eigenvalue weighted by molar-refractivity contribution is -0.121. The van der Waals surface area contributed by atoms with E-state index < -0.39 is 0 Å². The molecule has 0 aliphatic carbocycles. The summed E-state index contributed by atoms with van der Waals surface area (Å²) in [7, 11) is 0. The number of ether oxygens (including phenoxy) is 1. The maximum Gasteiger partial charge on any atom is 0.265 e. The average Bonchev–Trinajstić information content (AvgIpc) is 2.33. The number of benzene rings is 1. The zero-order valence-corrected chi connectivity index (χ0v) is 9.60. The molecule has 2 amide bonds. The Balaban J connectivity index is 2.33. The Morgan fingerprint density at radius 2 is 2.35 bits per heavy atom. The first-order valence-corrected chi connectivity index (χ1v) is 5.53. The van der Waals surface area contributed by atoms with Crippen LogP contribution in [0, 0.1) is 0 Å². The number of carbonyl (C=O) groups excluding carboxylic acids is 2. The molecule has 1 aliphatic rings. The molecule has 0 saturated heterocycles. The SMILES string of the molecule is CCCN1C(=O)COc2cc(NC=O)ccc21. The summed E-state index contributed by atoms with van der Waals surface area (Å²) in [4.78, 5) is 23.7. The molecule has 0 saturated carbocycles. The van der Waals surface area contributed by atoms with Crippen molar-refractivity contribution in [3.05, 3.63) is 18.2 Å². The fraction of sp³-hybridized carbons (Fsp3) is 0.333. The Morgan fingerprint density at radius 3 is 3.06 bits per heavy atom. The molecule has 0 radical (unpaired) electrons. The topological polar surface area (TPSA) is 58.6 Å². The van der Waals surface area contributed by atoms with Crippen molar-refractivity contribution >= 4 is 23.7 Å². The third-order valence-corrected chi connectivity index (χ3v) is 2.58. The smallest absolute Gasteiger partial charge is 0.265 e. The maximum absolute atomic E-state index is 11.7. The third kappa shape index (κ3) is 2.22. The molecule has 0 atom stereocenters. The zero-order chi connectivity index (χ0) is 12.3. The Bertz CT molecular complexity index is 445. The van der Waals surface area contributed by atoms with Crippen LogP contribution in [0.15, 0.2) is 18.2 Å². The highest BCUT2D eigenvalue weighted by molar-refractivity contribution is 5.98. The number of fused-ring (bicyclic) bond motifs is 1. The molecule has 1 N–H and O–H groups in total. The first-order valence-electron chi connectivity index (χ1n) is 5.53. The lowest BCUT2D eigenvalue weighted by Crippen LogP contribution is -2.39. The van der Waals surface area contributed by atoms with Gasteiger partial charge in [0.05, 0.1) is 5.69 Å². The summed E-state index contributed by atoms with van der Waals surface area (Å²) in [6.45, 7) is 2.75. The van der Waals surface area contributed by atoms with E-state index in [0.717, 1.165) is 12.1 Å². The lowest BCUT2D eigenvalue weighted by Gasteiger charge is -2.29. The van der Waals surface area contributed by atoms with Gasteiger partial charge in [-0.2, -0.15) is 0 Å². The van der Waals surface area contributed by atoms with Crippen LogP contribution in [-0.4, -0.2) is 25.5 Å². The molecule has 0 unspecified atom stereocenters. The number of nitrogens with one attached hydrogen (secondary N) is 1. The van der Waals surface area contributed by atoms with E-state index in [0.29, 0.717) is 24.4 Å². The third-order valence-electron chi connectivity index (χ3n) is 2.58. The van der Waals surface area contributed by atoms with E-state index in [4.69, 9.17) is 4.74 Å². The largest absolute Gasteiger partial charge is 0.481 e. The van der Waals surface area contributed by atoms with Crippen molar-refractivity contribution in [2.45, 2.75) is 13.3 Å². The first-order chi connectivity index (χ1) is 8.26. The number of anilines is 2. The summed E-state index contributed by atoms with van der Waals surface area (Å²) in [5.74, 6) is 0.598. The van der Waals surface area contributed by atoms with Crippen LogP contribution in [-0.2, 0) is 9.59 Å². The van der Waals surface area contributed by atoms with E-state index in [1.807, 2.05) is 6.92 Å². The normalized spacial score (nSPS) is 13.9. The molecule has 1 aliphatic heterocycles. The predicted molar refractivity (Wildman–Crippen MR) is 64.3 cm³/mol. The Labute approximate surface area is 99.4 Å². The molecule has 0 aromatic heterocycles. The minimum Gasteiger partial charge on any atom is -0.481 e. The number of hydrogen-bond donors (Lipinski definition) is 1. The highest BCUT2D eigenvalue weighted by Crippen LogP contribution is 2.34. The monoisotopic (exact) mass is 234 g/mol. The van der Waals surface area contributed by atoms with Gasteiger partial charge in [-0.25, -0.2) is 0 Å². The second kappa shape index (κ2) is 4.86. The summed E-state index contributed by atoms with van der Waals surface area (Å²) in [6, 6.07) is 5.25. The highest BCUT2D eigenvalue weighted by atomic mass is 16.5. The predicted octanol–water partition coefficient (Wildman–Crippen LogP) is 1.39. The van der Waals surface area contributed by atoms with Crippen molar-refractivity contribution in [1.82, 2.24) is 0 Å². The van der Waals surface area contributed by atoms with Gasteiger partial charge in [-0.3, -0.25) is 9.59 Å². The van der Waals surface area contributed by atoms with Gasteiger partial charge >= 0.3 is 0 Å². The Kier molecular flexibility index (Phi) is 3.27. The number of carbonyl (C=O) groups is 2. The van der Waals surface area contributed by atoms with Crippen molar-refractivity contribution in [3.63, 3.8) is 0 Å². The molecular formula is C12H14N2O3. The fourth-order valence-corrected chi connectivity index (χ4v) is 1.83. The summed E-state index contributed by atoms with van der Waals surface area (Å²) in [5.41, 5.74) is 1.42. The fourth-order valence-electron chi connectivity index (χ4n) is 1.83. The lowest BCUT2D eigenvalue weighted by atomic mass is 10.2. The second-order valence-electron chi connectivity index (χ2n) is 3.78. The molecule has 2 rings (SSSR count). The van der Waals surface area contributed by atoms with Crippen LogP contribution in [0.1, 0.15) is 13.3 Å². The van der Waals surface area contributed by atoms with Gasteiger partial charge in [0.15, 0.2) is 6.61 Å². The Hall–Kier alpha value is -2.04. The van der Waals surface area contributed by atoms with Crippen LogP contribution in [0.3, 0.4) is 0 Å². The van der Waals surface area contributed by atoms with E-state index in [2.05, 4.69) is 5.32 Å². The van der Waals surface area contributed by atoms with Gasteiger partial charge in [0.1, 0.15) is 5.75 Å². The van der Waals surface area contributed by atoms with Crippen LogP contribution >= 0.6 is 0 Å². The van der Waals surface area contributed by atoms with Gasteiger partial charge in [0.2, 0.25) is 6.41 Å². The molecule has 1 aromatic carbocycles. The molecule has 0 bridgehead atoms. The average molecular weight is 234 g/mol. The summed E-state index contributed by atoms with van der Waals surface area (Å²) in [6.07, 6.45) is 1.50. The molecule has 0 fully saturated rings. The van der Waals surface area contributed by atoms with Crippen molar-refractivity contribution in [2.24, 2.45) is 0 Å². The molecule has 90 valence electrons. The van der Waals surface area contributed by atoms with E-state index in [-0.39, 0.29) is 12.5 Å². The zero-order valence-electron chi connectivity index (χ0n) is 9.60. The quantitative estimate of drug-likeness (QED) is 0.801. The summed E-state index contributed by atoms with van der Waals surface area (Å²) in [5, 5.41) is 2.55. The standard InChI is InChI=1S/C12H14N2O3/c1-2-5-14-10-4-3-9(13-8-15)6-11(10)17-7-12(14)16/h3-4,6,8H,2,5,7H2,1H3,(H,13,15). The van der Waals surface area contributed by atoms with E-state index >= 15 is 0 Å². The highest BCUT2D eigenvalue weighted by Gasteiger charge is 2.24. The van der Waals surface area contributed by atoms with Crippen molar-refractivity contribution in [1.29, 1.82) is 0 Å². The van der Waals surface area contributed by atoms with Crippen LogP contribution in [0.2, 0.25) is 0 Å². The van der Waals surface area contributed by atoms with Crippen molar-refractivity contribution in [3.8, 4) is 5.75 Å². The molecule has 1 heterocycles. The second-order valence-corrected chi connectivity index (χ2v) is 3.78. The molecule has 17 heavy (non-hydrogen) atoms. The van der Waals surface area contributed by atoms with Gasteiger partial charge in [-0.1, -0.05) is 6.92 Å². The summed E-state index contributed by atoms with van der Waals surface area (Å²) >= 11 is 0. The molecular weight excluding hydrogens is 220 g/mol. The number of nitrogens with zero attached hydrogens (tertiary/aromatic N) is 1. The van der Waals surface area contributed by atoms with E-state index in [1.54, 1.807) is 23.1 Å². The van der Waals surface area contributed by atoms with Crippen LogP contribution in [0.4, 0.5) is 11.4 Å².